The molecule has 0 bridgehead atoms. The van der Waals surface area contributed by atoms with Crippen molar-refractivity contribution in [3.05, 3.63) is 18.3 Å². The SMILES string of the molecule is CCCCCCOc1ccc(S(=O)(=O)Cl)cn1. The Labute approximate surface area is 106 Å². The first-order valence-electron chi connectivity index (χ1n) is 5.57. The minimum absolute atomic E-state index is 0.0162. The van der Waals surface area contributed by atoms with Gasteiger partial charge in [0, 0.05) is 16.7 Å². The summed E-state index contributed by atoms with van der Waals surface area (Å²) in [5, 5.41) is 0. The minimum atomic E-state index is -3.70. The van der Waals surface area contributed by atoms with Crippen molar-refractivity contribution in [3.63, 3.8) is 0 Å². The zero-order valence-electron chi connectivity index (χ0n) is 9.73. The van der Waals surface area contributed by atoms with Crippen LogP contribution in [0.2, 0.25) is 0 Å². The summed E-state index contributed by atoms with van der Waals surface area (Å²) >= 11 is 0. The van der Waals surface area contributed by atoms with Crippen molar-refractivity contribution < 1.29 is 13.2 Å². The normalized spacial score (nSPS) is 11.4. The average molecular weight is 278 g/mol. The first-order chi connectivity index (χ1) is 8.04. The number of aromatic nitrogens is 1. The van der Waals surface area contributed by atoms with Crippen molar-refractivity contribution >= 4 is 19.7 Å². The lowest BCUT2D eigenvalue weighted by Gasteiger charge is -2.04. The Bertz CT molecular complexity index is 431. The molecule has 0 saturated carbocycles. The highest BCUT2D eigenvalue weighted by molar-refractivity contribution is 8.13. The van der Waals surface area contributed by atoms with Crippen molar-refractivity contribution in [1.82, 2.24) is 4.98 Å². The highest BCUT2D eigenvalue weighted by Gasteiger charge is 2.09. The molecule has 0 atom stereocenters. The van der Waals surface area contributed by atoms with Gasteiger partial charge in [-0.15, -0.1) is 0 Å². The van der Waals surface area contributed by atoms with E-state index >= 15 is 0 Å². The van der Waals surface area contributed by atoms with E-state index in [-0.39, 0.29) is 4.90 Å². The van der Waals surface area contributed by atoms with Gasteiger partial charge in [0.25, 0.3) is 9.05 Å². The summed E-state index contributed by atoms with van der Waals surface area (Å²) in [5.74, 6) is 0.422. The zero-order valence-corrected chi connectivity index (χ0v) is 11.3. The van der Waals surface area contributed by atoms with Gasteiger partial charge in [-0.1, -0.05) is 26.2 Å². The number of rotatable bonds is 7. The number of halogens is 1. The topological polar surface area (TPSA) is 56.3 Å². The maximum atomic E-state index is 11.0. The van der Waals surface area contributed by atoms with Crippen LogP contribution < -0.4 is 4.74 Å². The van der Waals surface area contributed by atoms with Crippen LogP contribution in [0.15, 0.2) is 23.2 Å². The van der Waals surface area contributed by atoms with Gasteiger partial charge in [0.15, 0.2) is 0 Å². The molecule has 1 heterocycles. The molecule has 0 radical (unpaired) electrons. The van der Waals surface area contributed by atoms with Crippen LogP contribution >= 0.6 is 10.7 Å². The standard InChI is InChI=1S/C11H16ClNO3S/c1-2-3-4-5-8-16-11-7-6-10(9-13-11)17(12,14)15/h6-7,9H,2-5,8H2,1H3. The third-order valence-corrected chi connectivity index (χ3v) is 3.58. The monoisotopic (exact) mass is 277 g/mol. The molecule has 0 aromatic carbocycles. The highest BCUT2D eigenvalue weighted by atomic mass is 35.7. The van der Waals surface area contributed by atoms with Crippen molar-refractivity contribution in [3.8, 4) is 5.88 Å². The molecule has 0 aliphatic carbocycles. The van der Waals surface area contributed by atoms with Gasteiger partial charge in [0.05, 0.1) is 12.8 Å². The number of hydrogen-bond donors (Lipinski definition) is 0. The fourth-order valence-electron chi connectivity index (χ4n) is 1.30. The largest absolute Gasteiger partial charge is 0.478 e. The van der Waals surface area contributed by atoms with Crippen LogP contribution in [-0.4, -0.2) is 20.0 Å². The third-order valence-electron chi connectivity index (χ3n) is 2.24. The first-order valence-corrected chi connectivity index (χ1v) is 7.88. The van der Waals surface area contributed by atoms with Gasteiger partial charge >= 0.3 is 0 Å². The molecule has 0 fully saturated rings. The summed E-state index contributed by atoms with van der Waals surface area (Å²) < 4.78 is 27.3. The second kappa shape index (κ2) is 6.81. The second-order valence-corrected chi connectivity index (χ2v) is 6.25. The fraction of sp³-hybridized carbons (Fsp3) is 0.545. The number of nitrogens with zero attached hydrogens (tertiary/aromatic N) is 1. The van der Waals surface area contributed by atoms with Gasteiger partial charge in [-0.25, -0.2) is 13.4 Å². The molecular formula is C11H16ClNO3S. The number of hydrogen-bond acceptors (Lipinski definition) is 4. The predicted octanol–water partition coefficient (Wildman–Crippen LogP) is 2.97. The smallest absolute Gasteiger partial charge is 0.262 e. The van der Waals surface area contributed by atoms with Crippen LogP contribution in [-0.2, 0) is 9.05 Å². The number of pyridine rings is 1. The molecule has 1 aromatic rings. The third kappa shape index (κ3) is 5.37. The molecule has 1 aromatic heterocycles. The van der Waals surface area contributed by atoms with Crippen LogP contribution in [0.5, 0.6) is 5.88 Å². The van der Waals surface area contributed by atoms with E-state index in [4.69, 9.17) is 15.4 Å². The fourth-order valence-corrected chi connectivity index (χ4v) is 1.98. The lowest BCUT2D eigenvalue weighted by Crippen LogP contribution is -2.00. The van der Waals surface area contributed by atoms with E-state index in [1.54, 1.807) is 0 Å². The van der Waals surface area contributed by atoms with Crippen LogP contribution in [0.1, 0.15) is 32.6 Å². The van der Waals surface area contributed by atoms with Crippen LogP contribution in [0.4, 0.5) is 0 Å². The quantitative estimate of drug-likeness (QED) is 0.568. The molecule has 96 valence electrons. The van der Waals surface area contributed by atoms with Crippen LogP contribution in [0.3, 0.4) is 0 Å². The number of unbranched alkanes of at least 4 members (excludes halogenated alkanes) is 3. The van der Waals surface area contributed by atoms with E-state index in [1.165, 1.54) is 31.2 Å². The highest BCUT2D eigenvalue weighted by Crippen LogP contribution is 2.16. The van der Waals surface area contributed by atoms with Gasteiger partial charge in [0.1, 0.15) is 4.90 Å². The van der Waals surface area contributed by atoms with E-state index in [9.17, 15) is 8.42 Å². The van der Waals surface area contributed by atoms with Gasteiger partial charge in [0.2, 0.25) is 5.88 Å². The molecule has 0 unspecified atom stereocenters. The van der Waals surface area contributed by atoms with Crippen LogP contribution in [0, 0.1) is 0 Å². The molecule has 1 rings (SSSR count). The molecule has 4 nitrogen and oxygen atoms in total. The Kier molecular flexibility index (Phi) is 5.71. The Balaban J connectivity index is 2.41. The van der Waals surface area contributed by atoms with Gasteiger partial charge < -0.3 is 4.74 Å². The van der Waals surface area contributed by atoms with E-state index in [1.807, 2.05) is 0 Å². The molecule has 6 heteroatoms. The van der Waals surface area contributed by atoms with E-state index < -0.39 is 9.05 Å². The first kappa shape index (κ1) is 14.3. The molecule has 0 spiro atoms. The maximum Gasteiger partial charge on any atom is 0.262 e. The lowest BCUT2D eigenvalue weighted by atomic mass is 10.2. The average Bonchev–Trinajstić information content (AvgIpc) is 2.28. The van der Waals surface area contributed by atoms with E-state index in [2.05, 4.69) is 11.9 Å². The van der Waals surface area contributed by atoms with Crippen LogP contribution in [0.25, 0.3) is 0 Å². The minimum Gasteiger partial charge on any atom is -0.478 e. The van der Waals surface area contributed by atoms with Crippen molar-refractivity contribution in [1.29, 1.82) is 0 Å². The second-order valence-electron chi connectivity index (χ2n) is 3.68. The van der Waals surface area contributed by atoms with E-state index in [0.29, 0.717) is 12.5 Å². The zero-order chi connectivity index (χ0) is 12.7. The van der Waals surface area contributed by atoms with Crippen molar-refractivity contribution in [2.24, 2.45) is 0 Å². The summed E-state index contributed by atoms with van der Waals surface area (Å²) in [6, 6.07) is 2.89. The Morgan fingerprint density at radius 2 is 2.06 bits per heavy atom. The van der Waals surface area contributed by atoms with Crippen molar-refractivity contribution in [2.45, 2.75) is 37.5 Å². The molecular weight excluding hydrogens is 262 g/mol. The summed E-state index contributed by atoms with van der Waals surface area (Å²) in [6.45, 7) is 2.74. The van der Waals surface area contributed by atoms with Gasteiger partial charge in [-0.05, 0) is 12.5 Å². The summed E-state index contributed by atoms with van der Waals surface area (Å²) in [6.07, 6.45) is 5.68. The summed E-state index contributed by atoms with van der Waals surface area (Å²) in [7, 11) is 1.47. The maximum absolute atomic E-state index is 11.0. The molecule has 0 aliphatic heterocycles. The Morgan fingerprint density at radius 1 is 1.29 bits per heavy atom. The molecule has 17 heavy (non-hydrogen) atoms. The summed E-state index contributed by atoms with van der Waals surface area (Å²) in [5.41, 5.74) is 0. The summed E-state index contributed by atoms with van der Waals surface area (Å²) in [4.78, 5) is 3.86. The van der Waals surface area contributed by atoms with Gasteiger partial charge in [-0.3, -0.25) is 0 Å². The van der Waals surface area contributed by atoms with Crippen molar-refractivity contribution in [2.75, 3.05) is 6.61 Å². The Morgan fingerprint density at radius 3 is 2.59 bits per heavy atom. The number of ether oxygens (including phenoxy) is 1. The molecule has 0 aliphatic rings. The molecule has 0 saturated heterocycles. The predicted molar refractivity (Wildman–Crippen MR) is 66.9 cm³/mol. The lowest BCUT2D eigenvalue weighted by molar-refractivity contribution is 0.293. The Hall–Kier alpha value is -0.810. The molecule has 0 N–H and O–H groups in total. The van der Waals surface area contributed by atoms with E-state index in [0.717, 1.165) is 12.8 Å². The van der Waals surface area contributed by atoms with Gasteiger partial charge in [-0.2, -0.15) is 0 Å². The molecule has 0 amide bonds.